The second-order valence-electron chi connectivity index (χ2n) is 11.7. The highest BCUT2D eigenvalue weighted by Gasteiger charge is 2.35. The number of likely N-dealkylation sites (tertiary alicyclic amines) is 1. The number of nitrogens with zero attached hydrogens (tertiary/aromatic N) is 7. The van der Waals surface area contributed by atoms with Gasteiger partial charge < -0.3 is 29.1 Å². The lowest BCUT2D eigenvalue weighted by molar-refractivity contribution is -0.132. The van der Waals surface area contributed by atoms with Crippen molar-refractivity contribution in [1.82, 2.24) is 19.8 Å². The third-order valence-electron chi connectivity index (χ3n) is 9.13. The molecular weight excluding hydrogens is 578 g/mol. The van der Waals surface area contributed by atoms with Gasteiger partial charge in [0.15, 0.2) is 5.76 Å². The Morgan fingerprint density at radius 3 is 2.68 bits per heavy atom. The number of rotatable bonds is 8. The van der Waals surface area contributed by atoms with Crippen molar-refractivity contribution in [3.63, 3.8) is 0 Å². The molecule has 6 rings (SSSR count). The lowest BCUT2D eigenvalue weighted by Gasteiger charge is -2.42. The lowest BCUT2D eigenvalue weighted by atomic mass is 10.0. The van der Waals surface area contributed by atoms with Crippen LogP contribution in [0.15, 0.2) is 48.7 Å². The van der Waals surface area contributed by atoms with Gasteiger partial charge in [-0.05, 0) is 50.4 Å². The van der Waals surface area contributed by atoms with E-state index in [1.54, 1.807) is 4.90 Å². The predicted octanol–water partition coefficient (Wildman–Crippen LogP) is 4.41. The first-order chi connectivity index (χ1) is 21.4. The van der Waals surface area contributed by atoms with E-state index >= 15 is 0 Å². The number of carbonyl (C=O) groups excluding carboxylic acids is 1. The molecule has 230 valence electrons. The largest absolute Gasteiger partial charge is 0.492 e. The zero-order chi connectivity index (χ0) is 30.8. The van der Waals surface area contributed by atoms with Crippen molar-refractivity contribution >= 4 is 39.8 Å². The van der Waals surface area contributed by atoms with Crippen LogP contribution < -0.4 is 14.5 Å². The fraction of sp³-hybridized carbons (Fsp3) is 0.455. The van der Waals surface area contributed by atoms with E-state index < -0.39 is 0 Å². The summed E-state index contributed by atoms with van der Waals surface area (Å²) in [5.74, 6) is 0.606. The van der Waals surface area contributed by atoms with Crippen LogP contribution in [0, 0.1) is 11.3 Å². The van der Waals surface area contributed by atoms with Gasteiger partial charge >= 0.3 is 6.01 Å². The summed E-state index contributed by atoms with van der Waals surface area (Å²) in [4.78, 5) is 31.4. The number of piperazine rings is 1. The van der Waals surface area contributed by atoms with Gasteiger partial charge in [0.2, 0.25) is 0 Å². The first-order valence-electron chi connectivity index (χ1n) is 15.2. The number of nitriles is 1. The van der Waals surface area contributed by atoms with Gasteiger partial charge in [0.05, 0.1) is 42.9 Å². The number of hydrogen-bond acceptors (Lipinski definition) is 9. The van der Waals surface area contributed by atoms with Crippen molar-refractivity contribution in [3.8, 4) is 12.1 Å². The molecule has 0 N–H and O–H groups in total. The number of carbonyl (C=O) groups is 1. The van der Waals surface area contributed by atoms with Gasteiger partial charge in [-0.25, -0.2) is 0 Å². The summed E-state index contributed by atoms with van der Waals surface area (Å²) >= 11 is 6.70. The molecule has 0 aliphatic carbocycles. The highest BCUT2D eigenvalue weighted by atomic mass is 35.5. The molecule has 2 aromatic carbocycles. The highest BCUT2D eigenvalue weighted by molar-refractivity contribution is 6.36. The van der Waals surface area contributed by atoms with E-state index in [0.29, 0.717) is 44.8 Å². The van der Waals surface area contributed by atoms with E-state index in [1.165, 1.54) is 7.11 Å². The number of benzene rings is 2. The number of aromatic nitrogens is 2. The van der Waals surface area contributed by atoms with Crippen molar-refractivity contribution < 1.29 is 14.3 Å². The molecule has 2 fully saturated rings. The Morgan fingerprint density at radius 2 is 1.93 bits per heavy atom. The van der Waals surface area contributed by atoms with Crippen LogP contribution in [0.3, 0.4) is 0 Å². The Kier molecular flexibility index (Phi) is 8.78. The maximum atomic E-state index is 13.0. The van der Waals surface area contributed by atoms with E-state index in [4.69, 9.17) is 31.0 Å². The molecule has 1 unspecified atom stereocenters. The Bertz CT molecular complexity index is 1600. The van der Waals surface area contributed by atoms with Crippen LogP contribution >= 0.6 is 11.6 Å². The van der Waals surface area contributed by atoms with Gasteiger partial charge in [0, 0.05) is 48.9 Å². The number of halogens is 1. The van der Waals surface area contributed by atoms with Crippen molar-refractivity contribution in [3.05, 3.63) is 65.0 Å². The summed E-state index contributed by atoms with van der Waals surface area (Å²) < 4.78 is 11.4. The Labute approximate surface area is 263 Å². The predicted molar refractivity (Wildman–Crippen MR) is 171 cm³/mol. The molecular formula is C33H38ClN7O3. The van der Waals surface area contributed by atoms with Crippen molar-refractivity contribution in [2.24, 2.45) is 0 Å². The van der Waals surface area contributed by atoms with Gasteiger partial charge in [0.1, 0.15) is 12.4 Å². The van der Waals surface area contributed by atoms with Crippen LogP contribution in [0.1, 0.15) is 30.5 Å². The van der Waals surface area contributed by atoms with Gasteiger partial charge in [-0.2, -0.15) is 15.2 Å². The zero-order valence-corrected chi connectivity index (χ0v) is 26.1. The molecule has 0 saturated carbocycles. The molecule has 3 aromatic rings. The molecule has 1 aromatic heterocycles. The quantitative estimate of drug-likeness (QED) is 0.270. The molecule has 10 nitrogen and oxygen atoms in total. The van der Waals surface area contributed by atoms with Gasteiger partial charge in [-0.3, -0.25) is 4.79 Å². The number of amides is 1. The van der Waals surface area contributed by atoms with Crippen LogP contribution in [0.2, 0.25) is 5.02 Å². The fourth-order valence-corrected chi connectivity index (χ4v) is 6.94. The smallest absolute Gasteiger partial charge is 0.318 e. The summed E-state index contributed by atoms with van der Waals surface area (Å²) in [5.41, 5.74) is 3.08. The van der Waals surface area contributed by atoms with E-state index in [2.05, 4.69) is 58.7 Å². The minimum atomic E-state index is -0.326. The average molecular weight is 616 g/mol. The van der Waals surface area contributed by atoms with Crippen LogP contribution in [-0.2, 0) is 22.5 Å². The summed E-state index contributed by atoms with van der Waals surface area (Å²) in [6.45, 7) is 8.13. The average Bonchev–Trinajstić information content (AvgIpc) is 3.46. The summed E-state index contributed by atoms with van der Waals surface area (Å²) in [7, 11) is 3.56. The standard InChI is InChI=1S/C33H38ClN7O3/c1-22(43-3)32(42)41-18-17-40(19-24(41)12-14-35)31-26-13-16-39(29-11-5-8-23-7-4-10-27(34)30(23)29)20-28(26)36-33(37-31)44-21-25-9-6-15-38(25)2/h4-5,7-8,10-11,24-25H,1,6,9,12-13,15-21H2,2-3H3/t24-,25?/m0/s1. The normalized spacial score (nSPS) is 20.4. The lowest BCUT2D eigenvalue weighted by Crippen LogP contribution is -2.56. The SMILES string of the molecule is C=C(OC)C(=O)N1CCN(c2nc(OCC3CCCN3C)nc3c2CCN(c2cccc4cccc(Cl)c24)C3)C[C@@H]1CC#N. The van der Waals surface area contributed by atoms with Crippen molar-refractivity contribution in [2.75, 3.05) is 63.3 Å². The van der Waals surface area contributed by atoms with E-state index in [0.717, 1.165) is 70.9 Å². The van der Waals surface area contributed by atoms with Crippen LogP contribution in [0.5, 0.6) is 6.01 Å². The molecule has 1 amide bonds. The zero-order valence-electron chi connectivity index (χ0n) is 25.3. The Balaban J connectivity index is 1.33. The number of likely N-dealkylation sites (N-methyl/N-ethyl adjacent to an activating group) is 1. The molecule has 0 spiro atoms. The summed E-state index contributed by atoms with van der Waals surface area (Å²) in [5, 5.41) is 12.5. The summed E-state index contributed by atoms with van der Waals surface area (Å²) in [6.07, 6.45) is 3.17. The van der Waals surface area contributed by atoms with E-state index in [-0.39, 0.29) is 24.1 Å². The molecule has 2 atom stereocenters. The molecule has 2 saturated heterocycles. The molecule has 0 bridgehead atoms. The summed E-state index contributed by atoms with van der Waals surface area (Å²) in [6, 6.07) is 14.9. The van der Waals surface area contributed by atoms with Gasteiger partial charge in [-0.15, -0.1) is 0 Å². The topological polar surface area (TPSA) is 98.1 Å². The molecule has 44 heavy (non-hydrogen) atoms. The van der Waals surface area contributed by atoms with Crippen LogP contribution in [0.4, 0.5) is 11.5 Å². The van der Waals surface area contributed by atoms with Gasteiger partial charge in [-0.1, -0.05) is 42.4 Å². The third kappa shape index (κ3) is 5.86. The molecule has 3 aliphatic heterocycles. The fourth-order valence-electron chi connectivity index (χ4n) is 6.66. The number of anilines is 2. The van der Waals surface area contributed by atoms with Crippen LogP contribution in [-0.4, -0.2) is 91.2 Å². The Hall–Kier alpha value is -4.07. The number of ether oxygens (including phenoxy) is 2. The number of fused-ring (bicyclic) bond motifs is 2. The monoisotopic (exact) mass is 615 g/mol. The van der Waals surface area contributed by atoms with Crippen molar-refractivity contribution in [1.29, 1.82) is 5.26 Å². The van der Waals surface area contributed by atoms with E-state index in [9.17, 15) is 10.1 Å². The maximum Gasteiger partial charge on any atom is 0.318 e. The molecule has 0 radical (unpaired) electrons. The minimum Gasteiger partial charge on any atom is -0.492 e. The number of methoxy groups -OCH3 is 1. The first kappa shape index (κ1) is 30.0. The van der Waals surface area contributed by atoms with E-state index in [1.807, 2.05) is 12.1 Å². The Morgan fingerprint density at radius 1 is 1.11 bits per heavy atom. The minimum absolute atomic E-state index is 0.0713. The maximum absolute atomic E-state index is 13.0. The van der Waals surface area contributed by atoms with Gasteiger partial charge in [0.25, 0.3) is 5.91 Å². The molecule has 4 heterocycles. The first-order valence-corrected chi connectivity index (χ1v) is 15.6. The van der Waals surface area contributed by atoms with Crippen molar-refractivity contribution in [2.45, 2.75) is 44.3 Å². The second-order valence-corrected chi connectivity index (χ2v) is 12.1. The third-order valence-corrected chi connectivity index (χ3v) is 9.44. The molecule has 3 aliphatic rings. The number of hydrogen-bond donors (Lipinski definition) is 0. The van der Waals surface area contributed by atoms with Crippen LogP contribution in [0.25, 0.3) is 10.8 Å². The second kappa shape index (κ2) is 12.9. The molecule has 11 heteroatoms. The highest BCUT2D eigenvalue weighted by Crippen LogP contribution is 2.37.